The molecule has 76 valence electrons. The molecular weight excluding hydrogens is 194 g/mol. The van der Waals surface area contributed by atoms with Crippen LogP contribution in [0.3, 0.4) is 0 Å². The molecule has 1 atom stereocenters. The van der Waals surface area contributed by atoms with Crippen LogP contribution in [0.2, 0.25) is 5.02 Å². The first-order chi connectivity index (χ1) is 6.72. The number of hydrogen-bond acceptors (Lipinski definition) is 1. The molecule has 0 aromatic heterocycles. The molecule has 1 aliphatic carbocycles. The van der Waals surface area contributed by atoms with Crippen molar-refractivity contribution in [3.63, 3.8) is 0 Å². The van der Waals surface area contributed by atoms with Crippen molar-refractivity contribution in [1.29, 1.82) is 0 Å². The zero-order chi connectivity index (χ0) is 10.1. The Hall–Kier alpha value is -0.530. The fraction of sp³-hybridized carbons (Fsp3) is 0.500. The van der Waals surface area contributed by atoms with Crippen molar-refractivity contribution in [2.24, 2.45) is 11.7 Å². The van der Waals surface area contributed by atoms with Crippen molar-refractivity contribution in [3.05, 3.63) is 34.3 Å². The van der Waals surface area contributed by atoms with Crippen LogP contribution in [0.4, 0.5) is 0 Å². The fourth-order valence-electron chi connectivity index (χ4n) is 1.91. The highest BCUT2D eigenvalue weighted by molar-refractivity contribution is 6.30. The maximum absolute atomic E-state index is 6.19. The second kappa shape index (κ2) is 3.92. The van der Waals surface area contributed by atoms with Gasteiger partial charge in [0.05, 0.1) is 0 Å². The Kier molecular flexibility index (Phi) is 2.80. The first-order valence-corrected chi connectivity index (χ1v) is 5.64. The van der Waals surface area contributed by atoms with Crippen LogP contribution in [0.1, 0.15) is 36.9 Å². The van der Waals surface area contributed by atoms with E-state index in [0.717, 1.165) is 11.4 Å². The van der Waals surface area contributed by atoms with Gasteiger partial charge >= 0.3 is 0 Å². The predicted molar refractivity (Wildman–Crippen MR) is 60.5 cm³/mol. The predicted octanol–water partition coefficient (Wildman–Crippen LogP) is 3.31. The number of nitrogens with two attached hydrogens (primary N) is 1. The van der Waals surface area contributed by atoms with Gasteiger partial charge in [0.25, 0.3) is 0 Å². The van der Waals surface area contributed by atoms with E-state index >= 15 is 0 Å². The van der Waals surface area contributed by atoms with Gasteiger partial charge in [-0.1, -0.05) is 24.6 Å². The van der Waals surface area contributed by atoms with Crippen LogP contribution in [0.15, 0.2) is 18.2 Å². The molecule has 0 unspecified atom stereocenters. The van der Waals surface area contributed by atoms with Gasteiger partial charge in [0.15, 0.2) is 0 Å². The highest BCUT2D eigenvalue weighted by Gasteiger charge is 2.30. The van der Waals surface area contributed by atoms with Crippen molar-refractivity contribution in [2.75, 3.05) is 0 Å². The van der Waals surface area contributed by atoms with Crippen molar-refractivity contribution < 1.29 is 0 Å². The Morgan fingerprint density at radius 2 is 2.21 bits per heavy atom. The van der Waals surface area contributed by atoms with Gasteiger partial charge in [0, 0.05) is 11.1 Å². The third kappa shape index (κ3) is 1.94. The van der Waals surface area contributed by atoms with E-state index in [4.69, 9.17) is 17.3 Å². The Balaban J connectivity index is 2.32. The largest absolute Gasteiger partial charge is 0.324 e. The normalized spacial score (nSPS) is 18.2. The van der Waals surface area contributed by atoms with Crippen LogP contribution < -0.4 is 5.73 Å². The molecule has 1 saturated carbocycles. The zero-order valence-corrected chi connectivity index (χ0v) is 9.22. The van der Waals surface area contributed by atoms with Gasteiger partial charge in [-0.2, -0.15) is 0 Å². The van der Waals surface area contributed by atoms with E-state index < -0.39 is 0 Å². The first kappa shape index (κ1) is 10.0. The molecule has 2 rings (SSSR count). The number of benzene rings is 1. The lowest BCUT2D eigenvalue weighted by molar-refractivity contribution is 0.627. The highest BCUT2D eigenvalue weighted by Crippen LogP contribution is 2.40. The van der Waals surface area contributed by atoms with Crippen LogP contribution in [-0.2, 0) is 6.42 Å². The molecule has 1 aromatic carbocycles. The minimum absolute atomic E-state index is 0.198. The average molecular weight is 210 g/mol. The van der Waals surface area contributed by atoms with Gasteiger partial charge in [0.2, 0.25) is 0 Å². The van der Waals surface area contributed by atoms with E-state index in [9.17, 15) is 0 Å². The number of rotatable bonds is 3. The molecule has 1 fully saturated rings. The number of halogens is 1. The van der Waals surface area contributed by atoms with Crippen LogP contribution in [-0.4, -0.2) is 0 Å². The fourth-order valence-corrected chi connectivity index (χ4v) is 2.09. The van der Waals surface area contributed by atoms with Crippen molar-refractivity contribution in [1.82, 2.24) is 0 Å². The lowest BCUT2D eigenvalue weighted by Gasteiger charge is -2.15. The lowest BCUT2D eigenvalue weighted by atomic mass is 9.96. The monoisotopic (exact) mass is 209 g/mol. The molecule has 2 N–H and O–H groups in total. The van der Waals surface area contributed by atoms with Crippen molar-refractivity contribution in [3.8, 4) is 0 Å². The maximum atomic E-state index is 6.19. The molecule has 0 aliphatic heterocycles. The minimum atomic E-state index is 0.198. The van der Waals surface area contributed by atoms with E-state index in [-0.39, 0.29) is 6.04 Å². The summed E-state index contributed by atoms with van der Waals surface area (Å²) in [7, 11) is 0. The summed E-state index contributed by atoms with van der Waals surface area (Å²) in [5, 5.41) is 0.799. The highest BCUT2D eigenvalue weighted by atomic mass is 35.5. The molecule has 14 heavy (non-hydrogen) atoms. The van der Waals surface area contributed by atoms with E-state index in [0.29, 0.717) is 5.92 Å². The number of hydrogen-bond donors (Lipinski definition) is 1. The standard InChI is InChI=1S/C12H16ClN/c1-2-8-5-6-10(13)7-11(8)12(14)9-3-4-9/h5-7,9,12H,2-4,14H2,1H3/t12-/m1/s1. The Morgan fingerprint density at radius 3 is 2.79 bits per heavy atom. The van der Waals surface area contributed by atoms with E-state index in [1.165, 1.54) is 24.0 Å². The van der Waals surface area contributed by atoms with Gasteiger partial charge in [-0.15, -0.1) is 0 Å². The van der Waals surface area contributed by atoms with Crippen LogP contribution in [0, 0.1) is 5.92 Å². The zero-order valence-electron chi connectivity index (χ0n) is 8.46. The maximum Gasteiger partial charge on any atom is 0.0409 e. The van der Waals surface area contributed by atoms with Crippen molar-refractivity contribution >= 4 is 11.6 Å². The van der Waals surface area contributed by atoms with Gasteiger partial charge in [-0.25, -0.2) is 0 Å². The second-order valence-electron chi connectivity index (χ2n) is 4.06. The Labute approximate surface area is 90.3 Å². The van der Waals surface area contributed by atoms with Gasteiger partial charge < -0.3 is 5.73 Å². The van der Waals surface area contributed by atoms with Gasteiger partial charge in [-0.05, 0) is 48.4 Å². The summed E-state index contributed by atoms with van der Waals surface area (Å²) in [6.07, 6.45) is 3.58. The first-order valence-electron chi connectivity index (χ1n) is 5.26. The van der Waals surface area contributed by atoms with E-state index in [2.05, 4.69) is 13.0 Å². The molecule has 2 heteroatoms. The minimum Gasteiger partial charge on any atom is -0.324 e. The summed E-state index contributed by atoms with van der Waals surface area (Å²) in [6.45, 7) is 2.16. The van der Waals surface area contributed by atoms with Crippen molar-refractivity contribution in [2.45, 2.75) is 32.2 Å². The smallest absolute Gasteiger partial charge is 0.0409 e. The summed E-state index contributed by atoms with van der Waals surface area (Å²) in [6, 6.07) is 6.27. The lowest BCUT2D eigenvalue weighted by Crippen LogP contribution is -2.14. The molecule has 0 saturated heterocycles. The van der Waals surface area contributed by atoms with E-state index in [1.807, 2.05) is 12.1 Å². The summed E-state index contributed by atoms with van der Waals surface area (Å²) in [4.78, 5) is 0. The summed E-state index contributed by atoms with van der Waals surface area (Å²) in [5.74, 6) is 0.693. The third-order valence-corrected chi connectivity index (χ3v) is 3.21. The van der Waals surface area contributed by atoms with Crippen LogP contribution in [0.5, 0.6) is 0 Å². The summed E-state index contributed by atoms with van der Waals surface area (Å²) < 4.78 is 0. The quantitative estimate of drug-likeness (QED) is 0.812. The van der Waals surface area contributed by atoms with Crippen LogP contribution >= 0.6 is 11.6 Å². The molecule has 1 aromatic rings. The summed E-state index contributed by atoms with van der Waals surface area (Å²) >= 11 is 5.99. The third-order valence-electron chi connectivity index (χ3n) is 2.98. The topological polar surface area (TPSA) is 26.0 Å². The molecule has 0 heterocycles. The molecule has 1 aliphatic rings. The van der Waals surface area contributed by atoms with Crippen LogP contribution in [0.25, 0.3) is 0 Å². The number of aryl methyl sites for hydroxylation is 1. The Bertz CT molecular complexity index is 331. The molecule has 0 amide bonds. The average Bonchev–Trinajstić information content (AvgIpc) is 3.00. The van der Waals surface area contributed by atoms with E-state index in [1.54, 1.807) is 0 Å². The molecule has 0 bridgehead atoms. The Morgan fingerprint density at radius 1 is 1.50 bits per heavy atom. The molecular formula is C12H16ClN. The summed E-state index contributed by atoms with van der Waals surface area (Å²) in [5.41, 5.74) is 8.78. The second-order valence-corrected chi connectivity index (χ2v) is 4.50. The molecule has 0 spiro atoms. The van der Waals surface area contributed by atoms with Gasteiger partial charge in [0.1, 0.15) is 0 Å². The SMILES string of the molecule is CCc1ccc(Cl)cc1[C@H](N)C1CC1. The molecule has 1 nitrogen and oxygen atoms in total. The molecule has 0 radical (unpaired) electrons. The van der Waals surface area contributed by atoms with Gasteiger partial charge in [-0.3, -0.25) is 0 Å².